The van der Waals surface area contributed by atoms with Crippen LogP contribution >= 0.6 is 11.8 Å². The van der Waals surface area contributed by atoms with Gasteiger partial charge in [-0.2, -0.15) is 0 Å². The average Bonchev–Trinajstić information content (AvgIpc) is 2.30. The predicted octanol–water partition coefficient (Wildman–Crippen LogP) is 1.43. The fraction of sp³-hybridized carbons (Fsp3) is 0.833. The van der Waals surface area contributed by atoms with Crippen LogP contribution in [0.3, 0.4) is 0 Å². The van der Waals surface area contributed by atoms with Crippen molar-refractivity contribution in [1.29, 1.82) is 0 Å². The quantitative estimate of drug-likeness (QED) is 0.545. The largest absolute Gasteiger partial charge is 0.313 e. The van der Waals surface area contributed by atoms with E-state index in [9.17, 15) is 0 Å². The van der Waals surface area contributed by atoms with Gasteiger partial charge in [0.15, 0.2) is 0 Å². The van der Waals surface area contributed by atoms with Crippen molar-refractivity contribution in [3.8, 4) is 12.3 Å². The Morgan fingerprint density at radius 1 is 1.47 bits per heavy atom. The topological polar surface area (TPSA) is 15.3 Å². The number of thioether (sulfide) groups is 1. The van der Waals surface area contributed by atoms with Gasteiger partial charge in [0.25, 0.3) is 0 Å². The molecule has 0 unspecified atom stereocenters. The van der Waals surface area contributed by atoms with Gasteiger partial charge in [-0.3, -0.25) is 0 Å². The van der Waals surface area contributed by atoms with E-state index in [-0.39, 0.29) is 0 Å². The number of terminal acetylenes is 1. The van der Waals surface area contributed by atoms with Crippen LogP contribution in [-0.2, 0) is 0 Å². The zero-order chi connectivity index (χ0) is 10.9. The molecule has 1 rings (SSSR count). The summed E-state index contributed by atoms with van der Waals surface area (Å²) in [5.74, 6) is 4.63. The second-order valence-electron chi connectivity index (χ2n) is 3.92. The van der Waals surface area contributed by atoms with Crippen LogP contribution in [0.4, 0.5) is 0 Å². The first-order valence-electron chi connectivity index (χ1n) is 5.83. The summed E-state index contributed by atoms with van der Waals surface area (Å²) in [6.45, 7) is 7.05. The van der Waals surface area contributed by atoms with E-state index >= 15 is 0 Å². The van der Waals surface area contributed by atoms with Crippen molar-refractivity contribution in [3.63, 3.8) is 0 Å². The molecule has 0 radical (unpaired) electrons. The van der Waals surface area contributed by atoms with Crippen LogP contribution in [0.2, 0.25) is 0 Å². The van der Waals surface area contributed by atoms with E-state index in [1.54, 1.807) is 0 Å². The highest BCUT2D eigenvalue weighted by Gasteiger charge is 2.16. The molecule has 1 aliphatic rings. The zero-order valence-corrected chi connectivity index (χ0v) is 10.5. The van der Waals surface area contributed by atoms with Crippen molar-refractivity contribution < 1.29 is 0 Å². The van der Waals surface area contributed by atoms with Crippen LogP contribution in [0, 0.1) is 12.3 Å². The summed E-state index contributed by atoms with van der Waals surface area (Å²) in [5, 5.41) is 3.61. The first-order valence-corrected chi connectivity index (χ1v) is 6.99. The number of piperidine rings is 1. The van der Waals surface area contributed by atoms with Crippen molar-refractivity contribution in [2.45, 2.75) is 25.8 Å². The average molecular weight is 226 g/mol. The summed E-state index contributed by atoms with van der Waals surface area (Å²) in [7, 11) is 0. The third-order valence-electron chi connectivity index (χ3n) is 2.90. The van der Waals surface area contributed by atoms with E-state index in [1.165, 1.54) is 32.5 Å². The number of nitrogens with one attached hydrogen (secondary N) is 1. The summed E-state index contributed by atoms with van der Waals surface area (Å²) in [4.78, 5) is 2.52. The Kier molecular flexibility index (Phi) is 6.91. The van der Waals surface area contributed by atoms with Gasteiger partial charge in [0.05, 0.1) is 5.75 Å². The molecule has 0 atom stereocenters. The van der Waals surface area contributed by atoms with Crippen LogP contribution in [-0.4, -0.2) is 48.6 Å². The van der Waals surface area contributed by atoms with Crippen LogP contribution in [0.5, 0.6) is 0 Å². The first kappa shape index (κ1) is 12.9. The van der Waals surface area contributed by atoms with Gasteiger partial charge in [-0.25, -0.2) is 0 Å². The molecule has 0 amide bonds. The van der Waals surface area contributed by atoms with Crippen LogP contribution in [0.15, 0.2) is 0 Å². The Morgan fingerprint density at radius 3 is 2.80 bits per heavy atom. The van der Waals surface area contributed by atoms with Gasteiger partial charge >= 0.3 is 0 Å². The minimum Gasteiger partial charge on any atom is -0.313 e. The molecular weight excluding hydrogens is 204 g/mol. The maximum absolute atomic E-state index is 5.19. The van der Waals surface area contributed by atoms with Gasteiger partial charge < -0.3 is 10.2 Å². The molecule has 1 aliphatic heterocycles. The molecule has 0 spiro atoms. The Morgan fingerprint density at radius 2 is 2.20 bits per heavy atom. The van der Waals surface area contributed by atoms with Gasteiger partial charge in [0, 0.05) is 18.3 Å². The Hall–Kier alpha value is -0.170. The number of hydrogen-bond acceptors (Lipinski definition) is 3. The number of rotatable bonds is 6. The lowest BCUT2D eigenvalue weighted by molar-refractivity contribution is 0.208. The number of hydrogen-bond donors (Lipinski definition) is 1. The fourth-order valence-corrected chi connectivity index (χ4v) is 2.44. The Bertz CT molecular complexity index is 192. The molecule has 1 fully saturated rings. The van der Waals surface area contributed by atoms with Crippen molar-refractivity contribution in [2.24, 2.45) is 0 Å². The smallest absolute Gasteiger partial charge is 0.0545 e. The van der Waals surface area contributed by atoms with E-state index in [4.69, 9.17) is 6.42 Å². The summed E-state index contributed by atoms with van der Waals surface area (Å²) >= 11 is 1.84. The SMILES string of the molecule is C#CCSCCNC1CCN(CC)CC1. The normalized spacial score (nSPS) is 18.9. The minimum absolute atomic E-state index is 0.735. The molecule has 3 heteroatoms. The highest BCUT2D eigenvalue weighted by molar-refractivity contribution is 7.99. The molecular formula is C12H22N2S. The monoisotopic (exact) mass is 226 g/mol. The van der Waals surface area contributed by atoms with Gasteiger partial charge in [0.2, 0.25) is 0 Å². The van der Waals surface area contributed by atoms with Crippen molar-refractivity contribution in [3.05, 3.63) is 0 Å². The van der Waals surface area contributed by atoms with Gasteiger partial charge in [0.1, 0.15) is 0 Å². The number of nitrogens with zero attached hydrogens (tertiary/aromatic N) is 1. The molecule has 1 saturated heterocycles. The summed E-state index contributed by atoms with van der Waals surface area (Å²) in [6, 6.07) is 0.735. The summed E-state index contributed by atoms with van der Waals surface area (Å²) in [5.41, 5.74) is 0. The van der Waals surface area contributed by atoms with Gasteiger partial charge in [-0.05, 0) is 32.5 Å². The van der Waals surface area contributed by atoms with Gasteiger partial charge in [-0.1, -0.05) is 12.8 Å². The highest BCUT2D eigenvalue weighted by Crippen LogP contribution is 2.09. The van der Waals surface area contributed by atoms with E-state index in [0.717, 1.165) is 24.1 Å². The Balaban J connectivity index is 1.97. The van der Waals surface area contributed by atoms with Crippen LogP contribution in [0.25, 0.3) is 0 Å². The zero-order valence-electron chi connectivity index (χ0n) is 9.67. The molecule has 0 aromatic rings. The lowest BCUT2D eigenvalue weighted by Gasteiger charge is -2.31. The molecule has 86 valence electrons. The van der Waals surface area contributed by atoms with Gasteiger partial charge in [-0.15, -0.1) is 18.2 Å². The third kappa shape index (κ3) is 5.46. The van der Waals surface area contributed by atoms with Crippen molar-refractivity contribution in [2.75, 3.05) is 37.7 Å². The predicted molar refractivity (Wildman–Crippen MR) is 69.3 cm³/mol. The minimum atomic E-state index is 0.735. The van der Waals surface area contributed by atoms with Crippen LogP contribution in [0.1, 0.15) is 19.8 Å². The molecule has 15 heavy (non-hydrogen) atoms. The maximum Gasteiger partial charge on any atom is 0.0545 e. The lowest BCUT2D eigenvalue weighted by Crippen LogP contribution is -2.42. The first-order chi connectivity index (χ1) is 7.36. The third-order valence-corrected chi connectivity index (χ3v) is 3.76. The fourth-order valence-electron chi connectivity index (χ4n) is 1.92. The van der Waals surface area contributed by atoms with Crippen molar-refractivity contribution >= 4 is 11.8 Å². The lowest BCUT2D eigenvalue weighted by atomic mass is 10.1. The Labute approximate surface area is 98.2 Å². The summed E-state index contributed by atoms with van der Waals surface area (Å²) in [6.07, 6.45) is 7.79. The molecule has 1 N–H and O–H groups in total. The second-order valence-corrected chi connectivity index (χ2v) is 5.02. The molecule has 0 saturated carbocycles. The van der Waals surface area contributed by atoms with E-state index < -0.39 is 0 Å². The standard InChI is InChI=1S/C12H22N2S/c1-3-10-15-11-7-13-12-5-8-14(4-2)9-6-12/h1,12-13H,4-11H2,2H3. The molecule has 0 aromatic carbocycles. The second kappa shape index (κ2) is 8.04. The highest BCUT2D eigenvalue weighted by atomic mass is 32.2. The van der Waals surface area contributed by atoms with Crippen molar-refractivity contribution in [1.82, 2.24) is 10.2 Å². The summed E-state index contributed by atoms with van der Waals surface area (Å²) < 4.78 is 0. The molecule has 0 bridgehead atoms. The maximum atomic E-state index is 5.19. The molecule has 0 aliphatic carbocycles. The van der Waals surface area contributed by atoms with E-state index in [2.05, 4.69) is 23.1 Å². The molecule has 2 nitrogen and oxygen atoms in total. The molecule has 0 aromatic heterocycles. The number of likely N-dealkylation sites (tertiary alicyclic amines) is 1. The van der Waals surface area contributed by atoms with E-state index in [0.29, 0.717) is 0 Å². The van der Waals surface area contributed by atoms with Crippen LogP contribution < -0.4 is 5.32 Å². The molecule has 1 heterocycles. The van der Waals surface area contributed by atoms with E-state index in [1.807, 2.05) is 11.8 Å².